The molecule has 0 fully saturated rings. The maximum Gasteiger partial charge on any atom is 0.0517 e. The molecule has 0 bridgehead atoms. The van der Waals surface area contributed by atoms with Crippen molar-refractivity contribution in [2.75, 3.05) is 0 Å². The molecule has 0 atom stereocenters. The predicted octanol–water partition coefficient (Wildman–Crippen LogP) is 11.6. The monoisotopic (exact) mass is 539 g/mol. The summed E-state index contributed by atoms with van der Waals surface area (Å²) in [7, 11) is 0. The SMILES string of the molecule is C=C/C=N\C(C)=C(\SC(C)=C(C)C)c1ccc(C)c(-c2ccccc2)c2ccccc2c(-c2ccccc2)cc1. The van der Waals surface area contributed by atoms with E-state index in [9.17, 15) is 0 Å². The van der Waals surface area contributed by atoms with Crippen LogP contribution in [0.1, 0.15) is 38.8 Å². The third kappa shape index (κ3) is 6.89. The van der Waals surface area contributed by atoms with Crippen molar-refractivity contribution < 1.29 is 0 Å². The highest BCUT2D eigenvalue weighted by Crippen LogP contribution is 2.39. The molecule has 0 spiro atoms. The van der Waals surface area contributed by atoms with Crippen LogP contribution in [-0.2, 0) is 0 Å². The highest BCUT2D eigenvalue weighted by Gasteiger charge is 2.11. The molecule has 0 unspecified atom stereocenters. The molecule has 4 aromatic carbocycles. The predicted molar refractivity (Wildman–Crippen MR) is 180 cm³/mol. The number of allylic oxidation sites excluding steroid dienone is 4. The van der Waals surface area contributed by atoms with E-state index in [4.69, 9.17) is 4.99 Å². The molecule has 4 rings (SSSR count). The molecule has 0 saturated heterocycles. The number of hydrogen-bond donors (Lipinski definition) is 0. The summed E-state index contributed by atoms with van der Waals surface area (Å²) in [6, 6.07) is 39.1. The molecule has 0 aliphatic heterocycles. The molecular formula is C38H37NS. The Balaban J connectivity index is 2.19. The Bertz CT molecular complexity index is 1650. The highest BCUT2D eigenvalue weighted by molar-refractivity contribution is 8.11. The minimum atomic E-state index is 0.957. The Labute approximate surface area is 244 Å². The number of nitrogens with zero attached hydrogens (tertiary/aromatic N) is 1. The van der Waals surface area contributed by atoms with Crippen molar-refractivity contribution in [3.63, 3.8) is 0 Å². The van der Waals surface area contributed by atoms with Gasteiger partial charge in [-0.1, -0.05) is 139 Å². The summed E-state index contributed by atoms with van der Waals surface area (Å²) in [6.07, 6.45) is 3.48. The first kappa shape index (κ1) is 28.9. The van der Waals surface area contributed by atoms with Gasteiger partial charge in [0.2, 0.25) is 0 Å². The zero-order chi connectivity index (χ0) is 28.5. The van der Waals surface area contributed by atoms with E-state index in [1.165, 1.54) is 49.1 Å². The number of benzene rings is 3. The number of fused-ring (bicyclic) bond motifs is 1. The first-order valence-corrected chi connectivity index (χ1v) is 14.4. The Morgan fingerprint density at radius 1 is 0.675 bits per heavy atom. The van der Waals surface area contributed by atoms with Gasteiger partial charge in [-0.15, -0.1) is 0 Å². The van der Waals surface area contributed by atoms with Gasteiger partial charge in [0, 0.05) is 11.1 Å². The van der Waals surface area contributed by atoms with Gasteiger partial charge >= 0.3 is 0 Å². The molecule has 2 heteroatoms. The van der Waals surface area contributed by atoms with Gasteiger partial charge < -0.3 is 0 Å². The minimum absolute atomic E-state index is 0.957. The van der Waals surface area contributed by atoms with Gasteiger partial charge in [-0.3, -0.25) is 4.99 Å². The lowest BCUT2D eigenvalue weighted by atomic mass is 9.92. The molecule has 0 aliphatic carbocycles. The maximum atomic E-state index is 4.71. The molecule has 0 N–H and O–H groups in total. The number of thioether (sulfide) groups is 1. The third-order valence-electron chi connectivity index (χ3n) is 6.89. The van der Waals surface area contributed by atoms with Crippen LogP contribution >= 0.6 is 11.8 Å². The van der Waals surface area contributed by atoms with Gasteiger partial charge in [0.1, 0.15) is 0 Å². The largest absolute Gasteiger partial charge is 0.260 e. The highest BCUT2D eigenvalue weighted by atomic mass is 32.2. The van der Waals surface area contributed by atoms with Crippen LogP contribution in [0.5, 0.6) is 0 Å². The van der Waals surface area contributed by atoms with Crippen LogP contribution in [0, 0.1) is 6.92 Å². The minimum Gasteiger partial charge on any atom is -0.260 e. The van der Waals surface area contributed by atoms with Crippen molar-refractivity contribution in [1.82, 2.24) is 0 Å². The Kier molecular flexibility index (Phi) is 9.94. The van der Waals surface area contributed by atoms with E-state index >= 15 is 0 Å². The summed E-state index contributed by atoms with van der Waals surface area (Å²) in [5, 5.41) is 2.43. The molecule has 0 amide bonds. The molecule has 200 valence electrons. The van der Waals surface area contributed by atoms with Crippen LogP contribution in [0.2, 0.25) is 0 Å². The zero-order valence-corrected chi connectivity index (χ0v) is 24.9. The van der Waals surface area contributed by atoms with Crippen LogP contribution < -0.4 is 0 Å². The van der Waals surface area contributed by atoms with Crippen LogP contribution in [0.4, 0.5) is 0 Å². The van der Waals surface area contributed by atoms with E-state index < -0.39 is 0 Å². The second-order valence-corrected chi connectivity index (χ2v) is 11.2. The molecule has 1 nitrogen and oxygen atoms in total. The number of hydrogen-bond acceptors (Lipinski definition) is 2. The van der Waals surface area contributed by atoms with Crippen LogP contribution in [0.3, 0.4) is 0 Å². The Hall–Kier alpha value is -4.14. The molecule has 0 aromatic heterocycles. The fourth-order valence-corrected chi connectivity index (χ4v) is 5.56. The molecule has 0 radical (unpaired) electrons. The number of aryl methyl sites for hydroxylation is 1. The fourth-order valence-electron chi connectivity index (χ4n) is 4.59. The second kappa shape index (κ2) is 13.8. The summed E-state index contributed by atoms with van der Waals surface area (Å²) in [4.78, 5) is 7.10. The molecule has 40 heavy (non-hydrogen) atoms. The van der Waals surface area contributed by atoms with Gasteiger partial charge in [-0.25, -0.2) is 0 Å². The van der Waals surface area contributed by atoms with E-state index in [0.717, 1.165) is 16.2 Å². The van der Waals surface area contributed by atoms with Gasteiger partial charge in [-0.05, 0) is 83.7 Å². The lowest BCUT2D eigenvalue weighted by molar-refractivity contribution is 1.33. The Morgan fingerprint density at radius 2 is 1.25 bits per heavy atom. The summed E-state index contributed by atoms with van der Waals surface area (Å²) >= 11 is 1.77. The van der Waals surface area contributed by atoms with E-state index in [-0.39, 0.29) is 0 Å². The second-order valence-electron chi connectivity index (χ2n) is 9.96. The summed E-state index contributed by atoms with van der Waals surface area (Å²) in [5.74, 6) is 0. The summed E-state index contributed by atoms with van der Waals surface area (Å²) in [5.41, 5.74) is 9.37. The van der Waals surface area contributed by atoms with E-state index in [1.807, 2.05) is 0 Å². The first-order chi connectivity index (χ1) is 19.4. The first-order valence-electron chi connectivity index (χ1n) is 13.6. The van der Waals surface area contributed by atoms with Gasteiger partial charge in [0.25, 0.3) is 0 Å². The summed E-state index contributed by atoms with van der Waals surface area (Å²) < 4.78 is 0. The fraction of sp³-hybridized carbons (Fsp3) is 0.132. The van der Waals surface area contributed by atoms with Crippen LogP contribution in [0.15, 0.2) is 143 Å². The molecule has 0 aliphatic rings. The molecular weight excluding hydrogens is 502 g/mol. The zero-order valence-electron chi connectivity index (χ0n) is 24.1. The van der Waals surface area contributed by atoms with E-state index in [1.54, 1.807) is 24.1 Å². The Morgan fingerprint density at radius 3 is 1.88 bits per heavy atom. The van der Waals surface area contributed by atoms with Crippen LogP contribution in [-0.4, -0.2) is 6.21 Å². The van der Waals surface area contributed by atoms with Gasteiger partial charge in [0.15, 0.2) is 0 Å². The smallest absolute Gasteiger partial charge is 0.0517 e. The molecule has 4 aromatic rings. The van der Waals surface area contributed by atoms with E-state index in [2.05, 4.69) is 150 Å². The third-order valence-corrected chi connectivity index (χ3v) is 8.34. The summed E-state index contributed by atoms with van der Waals surface area (Å²) in [6.45, 7) is 14.6. The van der Waals surface area contributed by atoms with Gasteiger partial charge in [0.05, 0.1) is 5.70 Å². The number of rotatable bonds is 7. The van der Waals surface area contributed by atoms with Gasteiger partial charge in [-0.2, -0.15) is 0 Å². The van der Waals surface area contributed by atoms with Crippen molar-refractivity contribution in [2.45, 2.75) is 34.6 Å². The average molecular weight is 540 g/mol. The topological polar surface area (TPSA) is 12.4 Å². The van der Waals surface area contributed by atoms with Crippen molar-refractivity contribution in [3.8, 4) is 22.3 Å². The lowest BCUT2D eigenvalue weighted by Crippen LogP contribution is -1.88. The molecule has 0 saturated carbocycles. The number of aliphatic imine (C=N–C) groups is 1. The van der Waals surface area contributed by atoms with Crippen LogP contribution in [0.25, 0.3) is 37.9 Å². The van der Waals surface area contributed by atoms with Crippen molar-refractivity contribution in [3.05, 3.63) is 149 Å². The van der Waals surface area contributed by atoms with Crippen molar-refractivity contribution >= 4 is 33.7 Å². The normalized spacial score (nSPS) is 11.6. The standard InChI is InChI=1S/C38H37NS/c1-7-26-39-29(5)38(40-30(6)27(2)3)33-23-22-28(4)37(32-18-12-9-13-19-32)36-21-15-14-20-35(36)34(25-24-33)31-16-10-8-11-17-31/h7-26H,1H2,2-6H3/b23-22?,25-24?,28-22?,33-23?,33-24?,34-25?,35-34?,37-28?,37-36?,38-29+,39-26-. The quantitative estimate of drug-likeness (QED) is 0.213. The van der Waals surface area contributed by atoms with Crippen molar-refractivity contribution in [1.29, 1.82) is 0 Å². The van der Waals surface area contributed by atoms with Crippen molar-refractivity contribution in [2.24, 2.45) is 4.99 Å². The lowest BCUT2D eigenvalue weighted by Gasteiger charge is -2.14. The average Bonchev–Trinajstić information content (AvgIpc) is 2.98. The van der Waals surface area contributed by atoms with E-state index in [0.29, 0.717) is 0 Å². The molecule has 0 heterocycles. The maximum absolute atomic E-state index is 4.71.